The van der Waals surface area contributed by atoms with Crippen LogP contribution in [0.2, 0.25) is 0 Å². The van der Waals surface area contributed by atoms with E-state index in [2.05, 4.69) is 37.6 Å². The fraction of sp³-hybridized carbons (Fsp3) is 0.333. The van der Waals surface area contributed by atoms with E-state index in [4.69, 9.17) is 11.6 Å². The first kappa shape index (κ1) is 15.3. The van der Waals surface area contributed by atoms with Gasteiger partial charge in [0.05, 0.1) is 34.0 Å². The summed E-state index contributed by atoms with van der Waals surface area (Å²) in [5.41, 5.74) is 5.22. The number of benzene rings is 1. The molecule has 124 valence electrons. The number of nitrogens with one attached hydrogen (secondary N) is 2. The molecule has 4 rings (SSSR count). The second-order valence-electron chi connectivity index (χ2n) is 6.12. The molecule has 0 aliphatic carbocycles. The Hall–Kier alpha value is -2.27. The van der Waals surface area contributed by atoms with Crippen molar-refractivity contribution >= 4 is 22.6 Å². The van der Waals surface area contributed by atoms with Gasteiger partial charge in [0.1, 0.15) is 0 Å². The molecule has 5 nitrogen and oxygen atoms in total. The van der Waals surface area contributed by atoms with Gasteiger partial charge >= 0.3 is 0 Å². The zero-order chi connectivity index (χ0) is 16.4. The van der Waals surface area contributed by atoms with Gasteiger partial charge in [-0.1, -0.05) is 17.7 Å². The number of halogens is 1. The third-order valence-electron chi connectivity index (χ3n) is 4.45. The molecule has 0 unspecified atom stereocenters. The Morgan fingerprint density at radius 1 is 1.12 bits per heavy atom. The summed E-state index contributed by atoms with van der Waals surface area (Å²) in [7, 11) is 0. The zero-order valence-electron chi connectivity index (χ0n) is 13.4. The van der Waals surface area contributed by atoms with Gasteiger partial charge in [0.2, 0.25) is 0 Å². The Bertz CT molecular complexity index is 808. The fourth-order valence-corrected chi connectivity index (χ4v) is 3.57. The van der Waals surface area contributed by atoms with Crippen molar-refractivity contribution in [3.8, 4) is 0 Å². The highest BCUT2D eigenvalue weighted by Crippen LogP contribution is 2.27. The van der Waals surface area contributed by atoms with Crippen molar-refractivity contribution < 1.29 is 0 Å². The summed E-state index contributed by atoms with van der Waals surface area (Å²) < 4.78 is 0. The molecule has 1 saturated heterocycles. The largest absolute Gasteiger partial charge is 0.384 e. The number of fused-ring (bicyclic) bond motifs is 1. The summed E-state index contributed by atoms with van der Waals surface area (Å²) >= 11 is 6.49. The van der Waals surface area contributed by atoms with Crippen LogP contribution in [0.4, 0.5) is 0 Å². The van der Waals surface area contributed by atoms with Crippen molar-refractivity contribution in [1.82, 2.24) is 25.5 Å². The normalized spacial score (nSPS) is 17.9. The lowest BCUT2D eigenvalue weighted by Crippen LogP contribution is -2.32. The molecule has 6 heteroatoms. The van der Waals surface area contributed by atoms with E-state index in [1.807, 2.05) is 12.3 Å². The molecule has 0 bridgehead atoms. The summed E-state index contributed by atoms with van der Waals surface area (Å²) in [6.45, 7) is 3.58. The molecule has 2 N–H and O–H groups in total. The van der Waals surface area contributed by atoms with Gasteiger partial charge in [-0.15, -0.1) is 0 Å². The zero-order valence-corrected chi connectivity index (χ0v) is 14.2. The van der Waals surface area contributed by atoms with Crippen LogP contribution in [0.15, 0.2) is 53.2 Å². The smallest absolute Gasteiger partial charge is 0.0890 e. The molecule has 1 aromatic carbocycles. The topological polar surface area (TPSA) is 53.1 Å². The van der Waals surface area contributed by atoms with E-state index in [9.17, 15) is 0 Å². The molecule has 1 aromatic heterocycles. The highest BCUT2D eigenvalue weighted by Gasteiger charge is 2.23. The average Bonchev–Trinajstić information content (AvgIpc) is 3.14. The Morgan fingerprint density at radius 3 is 2.75 bits per heavy atom. The van der Waals surface area contributed by atoms with Gasteiger partial charge in [-0.3, -0.25) is 9.97 Å². The molecule has 2 aliphatic rings. The number of hydrogen-bond acceptors (Lipinski definition) is 5. The molecule has 0 saturated carbocycles. The quantitative estimate of drug-likeness (QED) is 0.895. The van der Waals surface area contributed by atoms with Crippen LogP contribution in [0.25, 0.3) is 11.0 Å². The van der Waals surface area contributed by atoms with E-state index in [0.29, 0.717) is 6.54 Å². The first-order chi connectivity index (χ1) is 11.8. The van der Waals surface area contributed by atoms with Crippen molar-refractivity contribution in [2.75, 3.05) is 19.6 Å². The standard InChI is InChI=1S/C18H20ClN5/c19-14-11-20-12-17(18(14)24-7-1-2-8-24)23-10-13-3-4-15-16(9-13)22-6-5-21-15/h3-6,9,12,20,23H,1-2,7-8,10-11H2. The highest BCUT2D eigenvalue weighted by atomic mass is 35.5. The number of dihydropyridines is 1. The second kappa shape index (κ2) is 6.69. The maximum atomic E-state index is 6.49. The Kier molecular flexibility index (Phi) is 4.26. The van der Waals surface area contributed by atoms with Crippen molar-refractivity contribution in [2.45, 2.75) is 19.4 Å². The van der Waals surface area contributed by atoms with Crippen LogP contribution in [0, 0.1) is 0 Å². The minimum atomic E-state index is 0.699. The first-order valence-electron chi connectivity index (χ1n) is 8.32. The molecule has 1 fully saturated rings. The van der Waals surface area contributed by atoms with E-state index in [-0.39, 0.29) is 0 Å². The molecule has 0 amide bonds. The molecular weight excluding hydrogens is 322 g/mol. The van der Waals surface area contributed by atoms with Crippen LogP contribution in [0.5, 0.6) is 0 Å². The van der Waals surface area contributed by atoms with E-state index in [0.717, 1.165) is 47.1 Å². The van der Waals surface area contributed by atoms with E-state index in [1.165, 1.54) is 18.4 Å². The number of rotatable bonds is 4. The molecule has 3 heterocycles. The predicted molar refractivity (Wildman–Crippen MR) is 96.1 cm³/mol. The number of likely N-dealkylation sites (tertiary alicyclic amines) is 1. The molecular formula is C18H20ClN5. The lowest BCUT2D eigenvalue weighted by atomic mass is 10.1. The van der Waals surface area contributed by atoms with Crippen LogP contribution in [0.3, 0.4) is 0 Å². The fourth-order valence-electron chi connectivity index (χ4n) is 3.27. The second-order valence-corrected chi connectivity index (χ2v) is 6.58. The molecule has 24 heavy (non-hydrogen) atoms. The van der Waals surface area contributed by atoms with Crippen LogP contribution in [0.1, 0.15) is 18.4 Å². The van der Waals surface area contributed by atoms with Crippen molar-refractivity contribution in [2.24, 2.45) is 0 Å². The molecule has 0 spiro atoms. The summed E-state index contributed by atoms with van der Waals surface area (Å²) in [6, 6.07) is 6.17. The SMILES string of the molecule is ClC1=C(N2CCCC2)C(NCc2ccc3nccnc3c2)=CNC1. The van der Waals surface area contributed by atoms with E-state index >= 15 is 0 Å². The Labute approximate surface area is 146 Å². The molecule has 0 atom stereocenters. The monoisotopic (exact) mass is 341 g/mol. The number of aromatic nitrogens is 2. The minimum absolute atomic E-state index is 0.699. The van der Waals surface area contributed by atoms with E-state index < -0.39 is 0 Å². The van der Waals surface area contributed by atoms with Crippen LogP contribution in [-0.2, 0) is 6.54 Å². The van der Waals surface area contributed by atoms with Crippen LogP contribution in [-0.4, -0.2) is 34.5 Å². The highest BCUT2D eigenvalue weighted by molar-refractivity contribution is 6.30. The first-order valence-corrected chi connectivity index (χ1v) is 8.70. The third-order valence-corrected chi connectivity index (χ3v) is 4.77. The van der Waals surface area contributed by atoms with Crippen LogP contribution >= 0.6 is 11.6 Å². The van der Waals surface area contributed by atoms with Gasteiger partial charge in [0, 0.05) is 38.2 Å². The summed E-state index contributed by atoms with van der Waals surface area (Å²) in [4.78, 5) is 11.1. The summed E-state index contributed by atoms with van der Waals surface area (Å²) in [6.07, 6.45) is 7.94. The summed E-state index contributed by atoms with van der Waals surface area (Å²) in [5, 5.41) is 7.65. The Balaban J connectivity index is 1.51. The Morgan fingerprint density at radius 2 is 1.92 bits per heavy atom. The maximum Gasteiger partial charge on any atom is 0.0890 e. The van der Waals surface area contributed by atoms with Gasteiger partial charge in [0.15, 0.2) is 0 Å². The van der Waals surface area contributed by atoms with Gasteiger partial charge in [0.25, 0.3) is 0 Å². The van der Waals surface area contributed by atoms with E-state index in [1.54, 1.807) is 12.4 Å². The maximum absolute atomic E-state index is 6.49. The van der Waals surface area contributed by atoms with Crippen LogP contribution < -0.4 is 10.6 Å². The average molecular weight is 342 g/mol. The predicted octanol–water partition coefficient (Wildman–Crippen LogP) is 2.71. The lowest BCUT2D eigenvalue weighted by Gasteiger charge is -2.29. The number of hydrogen-bond donors (Lipinski definition) is 2. The minimum Gasteiger partial charge on any atom is -0.384 e. The van der Waals surface area contributed by atoms with Gasteiger partial charge < -0.3 is 15.5 Å². The third kappa shape index (κ3) is 3.04. The number of nitrogens with zero attached hydrogens (tertiary/aromatic N) is 3. The van der Waals surface area contributed by atoms with Gasteiger partial charge in [-0.05, 0) is 30.5 Å². The van der Waals surface area contributed by atoms with Crippen molar-refractivity contribution in [1.29, 1.82) is 0 Å². The molecule has 0 radical (unpaired) electrons. The van der Waals surface area contributed by atoms with Gasteiger partial charge in [-0.25, -0.2) is 0 Å². The lowest BCUT2D eigenvalue weighted by molar-refractivity contribution is 0.420. The summed E-state index contributed by atoms with van der Waals surface area (Å²) in [5.74, 6) is 0. The van der Waals surface area contributed by atoms with Gasteiger partial charge in [-0.2, -0.15) is 0 Å². The molecule has 2 aromatic rings. The van der Waals surface area contributed by atoms with Crippen molar-refractivity contribution in [3.05, 3.63) is 58.8 Å². The van der Waals surface area contributed by atoms with Crippen molar-refractivity contribution in [3.63, 3.8) is 0 Å². The molecule has 2 aliphatic heterocycles.